The minimum Gasteiger partial charge on any atom is -0.494 e. The summed E-state index contributed by atoms with van der Waals surface area (Å²) < 4.78 is 11.0. The van der Waals surface area contributed by atoms with Gasteiger partial charge in [0.1, 0.15) is 11.6 Å². The molecule has 0 aliphatic carbocycles. The highest BCUT2D eigenvalue weighted by Crippen LogP contribution is 2.25. The average molecular weight is 391 g/mol. The highest BCUT2D eigenvalue weighted by molar-refractivity contribution is 7.99. The number of pyridine rings is 1. The number of amides is 1. The number of halogens is 1. The van der Waals surface area contributed by atoms with Gasteiger partial charge in [-0.15, -0.1) is 10.2 Å². The Bertz CT molecular complexity index is 868. The van der Waals surface area contributed by atoms with Crippen LogP contribution in [0.2, 0.25) is 5.02 Å². The summed E-state index contributed by atoms with van der Waals surface area (Å²) in [5, 5.41) is 11.4. The smallest absolute Gasteiger partial charge is 0.277 e. The summed E-state index contributed by atoms with van der Waals surface area (Å²) in [4.78, 5) is 15.9. The van der Waals surface area contributed by atoms with E-state index in [1.165, 1.54) is 6.20 Å². The molecule has 3 aromatic rings. The van der Waals surface area contributed by atoms with E-state index in [0.717, 1.165) is 23.1 Å². The maximum atomic E-state index is 11.9. The highest BCUT2D eigenvalue weighted by atomic mass is 35.5. The molecular formula is C17H15ClN4O3S. The molecule has 0 aliphatic heterocycles. The third-order valence-corrected chi connectivity index (χ3v) is 4.18. The predicted molar refractivity (Wildman–Crippen MR) is 99.5 cm³/mol. The number of nitrogens with one attached hydrogen (secondary N) is 1. The molecule has 0 radical (unpaired) electrons. The van der Waals surface area contributed by atoms with Crippen molar-refractivity contribution in [2.24, 2.45) is 0 Å². The molecule has 26 heavy (non-hydrogen) atoms. The van der Waals surface area contributed by atoms with Crippen LogP contribution in [0.1, 0.15) is 6.92 Å². The van der Waals surface area contributed by atoms with Gasteiger partial charge in [0.2, 0.25) is 11.8 Å². The van der Waals surface area contributed by atoms with Crippen LogP contribution in [0.4, 0.5) is 5.82 Å². The Morgan fingerprint density at radius 3 is 2.73 bits per heavy atom. The van der Waals surface area contributed by atoms with Crippen LogP contribution in [0.25, 0.3) is 11.5 Å². The van der Waals surface area contributed by atoms with E-state index in [1.54, 1.807) is 12.1 Å². The number of hydrogen-bond acceptors (Lipinski definition) is 7. The zero-order valence-corrected chi connectivity index (χ0v) is 15.4. The third kappa shape index (κ3) is 4.96. The summed E-state index contributed by atoms with van der Waals surface area (Å²) in [7, 11) is 0. The molecule has 0 unspecified atom stereocenters. The molecule has 2 aromatic heterocycles. The van der Waals surface area contributed by atoms with Crippen LogP contribution >= 0.6 is 23.4 Å². The lowest BCUT2D eigenvalue weighted by molar-refractivity contribution is -0.113. The fraction of sp³-hybridized carbons (Fsp3) is 0.176. The van der Waals surface area contributed by atoms with E-state index in [1.807, 2.05) is 31.2 Å². The largest absolute Gasteiger partial charge is 0.494 e. The number of hydrogen-bond donors (Lipinski definition) is 1. The van der Waals surface area contributed by atoms with Crippen LogP contribution in [0.5, 0.6) is 5.75 Å². The van der Waals surface area contributed by atoms with E-state index in [9.17, 15) is 4.79 Å². The molecule has 0 saturated heterocycles. The second-order valence-corrected chi connectivity index (χ2v) is 6.39. The van der Waals surface area contributed by atoms with Crippen LogP contribution in [-0.4, -0.2) is 33.4 Å². The first-order chi connectivity index (χ1) is 12.6. The Balaban J connectivity index is 1.54. The van der Waals surface area contributed by atoms with Crippen molar-refractivity contribution in [1.29, 1.82) is 0 Å². The van der Waals surface area contributed by atoms with Gasteiger partial charge >= 0.3 is 0 Å². The number of carbonyl (C=O) groups is 1. The lowest BCUT2D eigenvalue weighted by Crippen LogP contribution is -2.14. The van der Waals surface area contributed by atoms with Crippen LogP contribution in [0.3, 0.4) is 0 Å². The summed E-state index contributed by atoms with van der Waals surface area (Å²) in [5.41, 5.74) is 0.780. The summed E-state index contributed by atoms with van der Waals surface area (Å²) in [6, 6.07) is 10.6. The average Bonchev–Trinajstić information content (AvgIpc) is 3.12. The molecule has 134 valence electrons. The molecule has 7 nitrogen and oxygen atoms in total. The number of nitrogens with zero attached hydrogens (tertiary/aromatic N) is 3. The molecule has 0 fully saturated rings. The Hall–Kier alpha value is -2.58. The van der Waals surface area contributed by atoms with Crippen molar-refractivity contribution in [2.45, 2.75) is 12.1 Å². The van der Waals surface area contributed by atoms with Crippen LogP contribution in [-0.2, 0) is 4.79 Å². The molecular weight excluding hydrogens is 376 g/mol. The van der Waals surface area contributed by atoms with Gasteiger partial charge in [-0.3, -0.25) is 4.79 Å². The first-order valence-electron chi connectivity index (χ1n) is 7.75. The molecule has 0 aliphatic rings. The molecule has 2 heterocycles. The van der Waals surface area contributed by atoms with Crippen molar-refractivity contribution in [3.8, 4) is 17.2 Å². The Labute approximate surface area is 159 Å². The number of ether oxygens (including phenoxy) is 1. The minimum atomic E-state index is -0.231. The number of rotatable bonds is 7. The van der Waals surface area contributed by atoms with E-state index in [0.29, 0.717) is 28.6 Å². The van der Waals surface area contributed by atoms with Crippen molar-refractivity contribution in [2.75, 3.05) is 17.7 Å². The summed E-state index contributed by atoms with van der Waals surface area (Å²) in [6.07, 6.45) is 1.46. The first kappa shape index (κ1) is 18.2. The van der Waals surface area contributed by atoms with Gasteiger partial charge in [-0.1, -0.05) is 23.4 Å². The summed E-state index contributed by atoms with van der Waals surface area (Å²) in [5.74, 6) is 1.48. The SMILES string of the molecule is CCOc1ccc(-c2nnc(SCC(=O)Nc3ccc(Cl)cn3)o2)cc1. The number of carbonyl (C=O) groups excluding carboxylic acids is 1. The van der Waals surface area contributed by atoms with Gasteiger partial charge in [0, 0.05) is 11.8 Å². The zero-order valence-electron chi connectivity index (χ0n) is 13.8. The van der Waals surface area contributed by atoms with E-state index < -0.39 is 0 Å². The lowest BCUT2D eigenvalue weighted by Gasteiger charge is -2.03. The van der Waals surface area contributed by atoms with Gasteiger partial charge < -0.3 is 14.5 Å². The third-order valence-electron chi connectivity index (χ3n) is 3.14. The van der Waals surface area contributed by atoms with Crippen molar-refractivity contribution in [3.05, 3.63) is 47.6 Å². The fourth-order valence-electron chi connectivity index (χ4n) is 2.00. The Kier molecular flexibility index (Phi) is 6.08. The Morgan fingerprint density at radius 1 is 1.23 bits per heavy atom. The van der Waals surface area contributed by atoms with Crippen molar-refractivity contribution in [1.82, 2.24) is 15.2 Å². The van der Waals surface area contributed by atoms with Gasteiger partial charge in [-0.25, -0.2) is 4.98 Å². The molecule has 1 N–H and O–H groups in total. The quantitative estimate of drug-likeness (QED) is 0.611. The van der Waals surface area contributed by atoms with Crippen molar-refractivity contribution in [3.63, 3.8) is 0 Å². The van der Waals surface area contributed by atoms with Gasteiger partial charge in [-0.2, -0.15) is 0 Å². The van der Waals surface area contributed by atoms with E-state index in [4.69, 9.17) is 20.8 Å². The van der Waals surface area contributed by atoms with Gasteiger partial charge in [0.05, 0.1) is 17.4 Å². The number of aromatic nitrogens is 3. The summed E-state index contributed by atoms with van der Waals surface area (Å²) in [6.45, 7) is 2.53. The molecule has 0 bridgehead atoms. The molecule has 0 spiro atoms. The number of benzene rings is 1. The summed E-state index contributed by atoms with van der Waals surface area (Å²) >= 11 is 6.90. The lowest BCUT2D eigenvalue weighted by atomic mass is 10.2. The maximum Gasteiger partial charge on any atom is 0.277 e. The van der Waals surface area contributed by atoms with Crippen molar-refractivity contribution >= 4 is 35.1 Å². The molecule has 1 amide bonds. The van der Waals surface area contributed by atoms with Gasteiger partial charge in [0.25, 0.3) is 5.22 Å². The predicted octanol–water partition coefficient (Wildman–Crippen LogP) is 3.91. The van der Waals surface area contributed by atoms with Crippen molar-refractivity contribution < 1.29 is 13.9 Å². The Morgan fingerprint density at radius 2 is 2.04 bits per heavy atom. The number of anilines is 1. The van der Waals surface area contributed by atoms with E-state index in [2.05, 4.69) is 20.5 Å². The molecule has 1 aromatic carbocycles. The first-order valence-corrected chi connectivity index (χ1v) is 9.11. The second kappa shape index (κ2) is 8.68. The van der Waals surface area contributed by atoms with Crippen LogP contribution in [0.15, 0.2) is 52.2 Å². The van der Waals surface area contributed by atoms with Crippen LogP contribution in [0, 0.1) is 0 Å². The van der Waals surface area contributed by atoms with Gasteiger partial charge in [0.15, 0.2) is 0 Å². The standard InChI is InChI=1S/C17H15ClN4O3S/c1-2-24-13-6-3-11(4-7-13)16-21-22-17(25-16)26-10-15(23)20-14-8-5-12(18)9-19-14/h3-9H,2,10H2,1H3,(H,19,20,23). The van der Waals surface area contributed by atoms with E-state index in [-0.39, 0.29) is 11.7 Å². The number of thioether (sulfide) groups is 1. The van der Waals surface area contributed by atoms with Gasteiger partial charge in [-0.05, 0) is 43.3 Å². The normalized spacial score (nSPS) is 10.5. The molecule has 9 heteroatoms. The highest BCUT2D eigenvalue weighted by Gasteiger charge is 2.12. The molecule has 0 atom stereocenters. The maximum absolute atomic E-state index is 11.9. The van der Waals surface area contributed by atoms with E-state index >= 15 is 0 Å². The monoisotopic (exact) mass is 390 g/mol. The minimum absolute atomic E-state index is 0.120. The molecule has 3 rings (SSSR count). The second-order valence-electron chi connectivity index (χ2n) is 5.03. The van der Waals surface area contributed by atoms with Crippen LogP contribution < -0.4 is 10.1 Å². The zero-order chi connectivity index (χ0) is 18.4. The molecule has 0 saturated carbocycles. The fourth-order valence-corrected chi connectivity index (χ4v) is 2.68. The topological polar surface area (TPSA) is 90.1 Å².